The molecule has 20 heavy (non-hydrogen) atoms. The molecule has 0 saturated heterocycles. The Bertz CT molecular complexity index is 449. The second-order valence-electron chi connectivity index (χ2n) is 7.62. The Hall–Kier alpha value is -0.890. The second-order valence-corrected chi connectivity index (χ2v) is 7.62. The summed E-state index contributed by atoms with van der Waals surface area (Å²) >= 11 is 0. The Morgan fingerprint density at radius 3 is 2.55 bits per heavy atom. The predicted octanol–water partition coefficient (Wildman–Crippen LogP) is 4.69. The minimum Gasteiger partial charge on any atom is -0.325 e. The summed E-state index contributed by atoms with van der Waals surface area (Å²) in [6, 6.07) is 7.05. The van der Waals surface area contributed by atoms with Gasteiger partial charge in [0.05, 0.1) is 0 Å². The van der Waals surface area contributed by atoms with Crippen LogP contribution in [0.3, 0.4) is 0 Å². The number of nitrogens with two attached hydrogens (primary N) is 1. The average molecular weight is 277 g/mol. The lowest BCUT2D eigenvalue weighted by atomic mass is 9.76. The lowest BCUT2D eigenvalue weighted by molar-refractivity contribution is 0.210. The van der Waals surface area contributed by atoms with E-state index in [0.29, 0.717) is 11.8 Å². The monoisotopic (exact) mass is 277 g/mol. The van der Waals surface area contributed by atoms with Crippen molar-refractivity contribution in [2.24, 2.45) is 17.1 Å². The van der Waals surface area contributed by atoms with Crippen molar-refractivity contribution in [1.29, 1.82) is 0 Å². The molecular formula is C18H28FN. The zero-order chi connectivity index (χ0) is 14.8. The summed E-state index contributed by atoms with van der Waals surface area (Å²) in [4.78, 5) is 0. The maximum absolute atomic E-state index is 13.8. The van der Waals surface area contributed by atoms with Crippen molar-refractivity contribution in [3.8, 4) is 0 Å². The molecule has 0 radical (unpaired) electrons. The smallest absolute Gasteiger partial charge is 0.126 e. The van der Waals surface area contributed by atoms with Crippen LogP contribution in [0, 0.1) is 17.2 Å². The van der Waals surface area contributed by atoms with Crippen LogP contribution < -0.4 is 5.73 Å². The molecule has 112 valence electrons. The van der Waals surface area contributed by atoms with E-state index in [0.717, 1.165) is 37.2 Å². The van der Waals surface area contributed by atoms with E-state index in [2.05, 4.69) is 20.8 Å². The van der Waals surface area contributed by atoms with Gasteiger partial charge in [0.25, 0.3) is 0 Å². The summed E-state index contributed by atoms with van der Waals surface area (Å²) < 4.78 is 13.8. The Labute approximate surface area is 122 Å². The summed E-state index contributed by atoms with van der Waals surface area (Å²) in [5.41, 5.74) is 7.48. The molecule has 1 aromatic rings. The van der Waals surface area contributed by atoms with E-state index in [9.17, 15) is 4.39 Å². The summed E-state index contributed by atoms with van der Waals surface area (Å²) in [6.07, 6.45) is 6.24. The van der Waals surface area contributed by atoms with Crippen molar-refractivity contribution < 1.29 is 4.39 Å². The molecule has 2 unspecified atom stereocenters. The molecule has 2 heteroatoms. The normalized spacial score (nSPS) is 28.1. The zero-order valence-corrected chi connectivity index (χ0v) is 13.1. The summed E-state index contributed by atoms with van der Waals surface area (Å²) in [7, 11) is 0. The van der Waals surface area contributed by atoms with Crippen LogP contribution in [-0.2, 0) is 6.42 Å². The highest BCUT2D eigenvalue weighted by Crippen LogP contribution is 2.40. The predicted molar refractivity (Wildman–Crippen MR) is 83.1 cm³/mol. The molecule has 1 aliphatic rings. The fourth-order valence-corrected chi connectivity index (χ4v) is 3.50. The molecule has 0 spiro atoms. The molecule has 2 atom stereocenters. The first-order valence-corrected chi connectivity index (χ1v) is 7.82. The van der Waals surface area contributed by atoms with Gasteiger partial charge in [-0.15, -0.1) is 0 Å². The molecule has 1 aliphatic carbocycles. The molecule has 2 N–H and O–H groups in total. The van der Waals surface area contributed by atoms with Crippen molar-refractivity contribution in [1.82, 2.24) is 0 Å². The number of hydrogen-bond donors (Lipinski definition) is 1. The van der Waals surface area contributed by atoms with Gasteiger partial charge in [-0.2, -0.15) is 0 Å². The summed E-state index contributed by atoms with van der Waals surface area (Å²) in [6.45, 7) is 6.95. The second kappa shape index (κ2) is 5.85. The van der Waals surface area contributed by atoms with Crippen LogP contribution in [0.15, 0.2) is 24.3 Å². The number of benzene rings is 1. The lowest BCUT2D eigenvalue weighted by Crippen LogP contribution is -2.42. The lowest BCUT2D eigenvalue weighted by Gasteiger charge is -2.31. The maximum Gasteiger partial charge on any atom is 0.126 e. The number of hydrogen-bond acceptors (Lipinski definition) is 1. The Kier molecular flexibility index (Phi) is 4.53. The minimum atomic E-state index is -0.234. The van der Waals surface area contributed by atoms with Gasteiger partial charge in [0, 0.05) is 5.54 Å². The topological polar surface area (TPSA) is 26.0 Å². The summed E-state index contributed by atoms with van der Waals surface area (Å²) in [5, 5.41) is 0. The third-order valence-electron chi connectivity index (χ3n) is 4.94. The van der Waals surface area contributed by atoms with Crippen molar-refractivity contribution >= 4 is 0 Å². The molecular weight excluding hydrogens is 249 g/mol. The van der Waals surface area contributed by atoms with Crippen molar-refractivity contribution in [3.05, 3.63) is 35.6 Å². The highest BCUT2D eigenvalue weighted by molar-refractivity contribution is 5.20. The van der Waals surface area contributed by atoms with Gasteiger partial charge in [-0.05, 0) is 55.1 Å². The number of rotatable bonds is 2. The van der Waals surface area contributed by atoms with Gasteiger partial charge in [0.2, 0.25) is 0 Å². The van der Waals surface area contributed by atoms with E-state index in [4.69, 9.17) is 5.73 Å². The van der Waals surface area contributed by atoms with Crippen LogP contribution >= 0.6 is 0 Å². The maximum atomic E-state index is 13.8. The number of halogens is 1. The van der Waals surface area contributed by atoms with Crippen LogP contribution in [0.4, 0.5) is 4.39 Å². The van der Waals surface area contributed by atoms with Gasteiger partial charge >= 0.3 is 0 Å². The van der Waals surface area contributed by atoms with Crippen LogP contribution in [0.1, 0.15) is 58.4 Å². The SMILES string of the molecule is CC(C)(C)C1CCCC(N)(Cc2ccccc2F)CC1. The Balaban J connectivity index is 2.06. The molecule has 0 aliphatic heterocycles. The molecule has 0 aromatic heterocycles. The molecule has 1 aromatic carbocycles. The molecule has 0 bridgehead atoms. The van der Waals surface area contributed by atoms with Gasteiger partial charge in [-0.25, -0.2) is 4.39 Å². The minimum absolute atomic E-state index is 0.117. The van der Waals surface area contributed by atoms with Crippen LogP contribution in [0.5, 0.6) is 0 Å². The first kappa shape index (κ1) is 15.5. The van der Waals surface area contributed by atoms with E-state index in [1.54, 1.807) is 6.07 Å². The third-order valence-corrected chi connectivity index (χ3v) is 4.94. The van der Waals surface area contributed by atoms with E-state index < -0.39 is 0 Å². The first-order chi connectivity index (χ1) is 9.30. The standard InChI is InChI=1S/C18H28FN/c1-17(2,3)15-8-6-11-18(20,12-10-15)13-14-7-4-5-9-16(14)19/h4-5,7,9,15H,6,8,10-13,20H2,1-3H3. The van der Waals surface area contributed by atoms with Gasteiger partial charge < -0.3 is 5.73 Å². The van der Waals surface area contributed by atoms with Crippen molar-refractivity contribution in [2.75, 3.05) is 0 Å². The van der Waals surface area contributed by atoms with Gasteiger partial charge in [-0.3, -0.25) is 0 Å². The van der Waals surface area contributed by atoms with Gasteiger partial charge in [0.1, 0.15) is 5.82 Å². The zero-order valence-electron chi connectivity index (χ0n) is 13.1. The molecule has 1 fully saturated rings. The molecule has 2 rings (SSSR count). The largest absolute Gasteiger partial charge is 0.325 e. The quantitative estimate of drug-likeness (QED) is 0.780. The highest BCUT2D eigenvalue weighted by atomic mass is 19.1. The van der Waals surface area contributed by atoms with E-state index >= 15 is 0 Å². The molecule has 1 saturated carbocycles. The van der Waals surface area contributed by atoms with E-state index in [1.165, 1.54) is 12.5 Å². The molecule has 1 nitrogen and oxygen atoms in total. The fourth-order valence-electron chi connectivity index (χ4n) is 3.50. The van der Waals surface area contributed by atoms with E-state index in [1.807, 2.05) is 12.1 Å². The average Bonchev–Trinajstić information content (AvgIpc) is 2.54. The summed E-state index contributed by atoms with van der Waals surface area (Å²) in [5.74, 6) is 0.613. The highest BCUT2D eigenvalue weighted by Gasteiger charge is 2.34. The van der Waals surface area contributed by atoms with Crippen LogP contribution in [-0.4, -0.2) is 5.54 Å². The fraction of sp³-hybridized carbons (Fsp3) is 0.667. The Morgan fingerprint density at radius 1 is 1.20 bits per heavy atom. The van der Waals surface area contributed by atoms with Crippen LogP contribution in [0.2, 0.25) is 0 Å². The van der Waals surface area contributed by atoms with Crippen LogP contribution in [0.25, 0.3) is 0 Å². The van der Waals surface area contributed by atoms with E-state index in [-0.39, 0.29) is 11.4 Å². The molecule has 0 amide bonds. The molecule has 0 heterocycles. The first-order valence-electron chi connectivity index (χ1n) is 7.82. The van der Waals surface area contributed by atoms with Crippen molar-refractivity contribution in [3.63, 3.8) is 0 Å². The Morgan fingerprint density at radius 2 is 1.90 bits per heavy atom. The van der Waals surface area contributed by atoms with Gasteiger partial charge in [0.15, 0.2) is 0 Å². The van der Waals surface area contributed by atoms with Gasteiger partial charge in [-0.1, -0.05) is 45.4 Å². The van der Waals surface area contributed by atoms with Crippen molar-refractivity contribution in [2.45, 2.75) is 64.8 Å². The third kappa shape index (κ3) is 3.82.